The predicted molar refractivity (Wildman–Crippen MR) is 79.1 cm³/mol. The van der Waals surface area contributed by atoms with Crippen LogP contribution in [0.2, 0.25) is 5.02 Å². The molecule has 0 saturated carbocycles. The highest BCUT2D eigenvalue weighted by atomic mass is 35.5. The molecule has 0 aromatic heterocycles. The molecule has 18 heavy (non-hydrogen) atoms. The smallest absolute Gasteiger partial charge is 0.0635 e. The third-order valence-corrected chi connectivity index (χ3v) is 3.51. The molecule has 98 valence electrons. The molecule has 0 aliphatic carbocycles. The van der Waals surface area contributed by atoms with Crippen LogP contribution in [0.15, 0.2) is 23.8 Å². The Morgan fingerprint density at radius 3 is 3.00 bits per heavy atom. The molecule has 4 heteroatoms. The van der Waals surface area contributed by atoms with Gasteiger partial charge in [0, 0.05) is 36.8 Å². The van der Waals surface area contributed by atoms with Gasteiger partial charge in [0.2, 0.25) is 0 Å². The highest BCUT2D eigenvalue weighted by Crippen LogP contribution is 2.32. The second kappa shape index (κ2) is 5.63. The minimum Gasteiger partial charge on any atom is -0.397 e. The van der Waals surface area contributed by atoms with E-state index >= 15 is 0 Å². The summed E-state index contributed by atoms with van der Waals surface area (Å²) in [5, 5.41) is 4.17. The molecule has 0 amide bonds. The Bertz CT molecular complexity index is 464. The van der Waals surface area contributed by atoms with E-state index in [9.17, 15) is 0 Å². The number of hydrogen-bond donors (Lipinski definition) is 2. The first-order valence-corrected chi connectivity index (χ1v) is 6.62. The fourth-order valence-electron chi connectivity index (χ4n) is 2.11. The lowest BCUT2D eigenvalue weighted by molar-refractivity contribution is 0.311. The molecule has 0 spiro atoms. The van der Waals surface area contributed by atoms with Crippen molar-refractivity contribution in [1.29, 1.82) is 0 Å². The van der Waals surface area contributed by atoms with Gasteiger partial charge in [-0.05, 0) is 26.0 Å². The second-order valence-corrected chi connectivity index (χ2v) is 5.34. The number of nitrogens with two attached hydrogens (primary N) is 1. The molecule has 1 aromatic rings. The standard InChI is InChI=1S/C14H20ClN3/c1-10(2)5-7-18-8-6-17-14-11(9-18)12(15)3-4-13(14)16/h3-5,17H,6-9,16H2,1-2H3. The van der Waals surface area contributed by atoms with Gasteiger partial charge in [0.15, 0.2) is 0 Å². The summed E-state index contributed by atoms with van der Waals surface area (Å²) in [7, 11) is 0. The topological polar surface area (TPSA) is 41.3 Å². The van der Waals surface area contributed by atoms with Crippen LogP contribution in [0.3, 0.4) is 0 Å². The van der Waals surface area contributed by atoms with Gasteiger partial charge in [-0.3, -0.25) is 4.90 Å². The summed E-state index contributed by atoms with van der Waals surface area (Å²) in [5.74, 6) is 0. The number of nitrogens with zero attached hydrogens (tertiary/aromatic N) is 1. The number of rotatable bonds is 2. The van der Waals surface area contributed by atoms with Crippen LogP contribution in [-0.4, -0.2) is 24.5 Å². The van der Waals surface area contributed by atoms with Crippen LogP contribution in [0.5, 0.6) is 0 Å². The van der Waals surface area contributed by atoms with Gasteiger partial charge in [-0.15, -0.1) is 0 Å². The van der Waals surface area contributed by atoms with Crippen molar-refractivity contribution in [2.75, 3.05) is 30.7 Å². The fourth-order valence-corrected chi connectivity index (χ4v) is 2.33. The van der Waals surface area contributed by atoms with Crippen molar-refractivity contribution >= 4 is 23.0 Å². The average molecular weight is 266 g/mol. The van der Waals surface area contributed by atoms with Gasteiger partial charge in [-0.25, -0.2) is 0 Å². The number of hydrogen-bond acceptors (Lipinski definition) is 3. The quantitative estimate of drug-likeness (QED) is 0.638. The van der Waals surface area contributed by atoms with Gasteiger partial charge in [0.25, 0.3) is 0 Å². The fraction of sp³-hybridized carbons (Fsp3) is 0.429. The lowest BCUT2D eigenvalue weighted by Crippen LogP contribution is -2.26. The molecule has 3 N–H and O–H groups in total. The van der Waals surface area contributed by atoms with Crippen LogP contribution in [0, 0.1) is 0 Å². The Kier molecular flexibility index (Phi) is 4.15. The van der Waals surface area contributed by atoms with E-state index in [0.29, 0.717) is 0 Å². The maximum atomic E-state index is 6.28. The van der Waals surface area contributed by atoms with Crippen molar-refractivity contribution in [2.45, 2.75) is 20.4 Å². The van der Waals surface area contributed by atoms with Crippen LogP contribution >= 0.6 is 11.6 Å². The summed E-state index contributed by atoms with van der Waals surface area (Å²) in [5.41, 5.74) is 10.2. The van der Waals surface area contributed by atoms with Crippen molar-refractivity contribution in [3.05, 3.63) is 34.4 Å². The summed E-state index contributed by atoms with van der Waals surface area (Å²) in [6, 6.07) is 3.74. The first kappa shape index (κ1) is 13.2. The molecule has 1 heterocycles. The predicted octanol–water partition coefficient (Wildman–Crippen LogP) is 3.12. The molecule has 1 aliphatic heterocycles. The van der Waals surface area contributed by atoms with Crippen molar-refractivity contribution < 1.29 is 0 Å². The lowest BCUT2D eigenvalue weighted by Gasteiger charge is -2.18. The summed E-state index contributed by atoms with van der Waals surface area (Å²) >= 11 is 6.28. The molecule has 2 rings (SSSR count). The van der Waals surface area contributed by atoms with Gasteiger partial charge in [0.1, 0.15) is 0 Å². The number of halogens is 1. The third-order valence-electron chi connectivity index (χ3n) is 3.16. The second-order valence-electron chi connectivity index (χ2n) is 4.93. The number of benzene rings is 1. The molecule has 3 nitrogen and oxygen atoms in total. The van der Waals surface area contributed by atoms with Crippen molar-refractivity contribution in [2.24, 2.45) is 0 Å². The van der Waals surface area contributed by atoms with E-state index in [1.165, 1.54) is 5.57 Å². The van der Waals surface area contributed by atoms with Crippen LogP contribution in [0.4, 0.5) is 11.4 Å². The first-order chi connectivity index (χ1) is 8.58. The number of allylic oxidation sites excluding steroid dienone is 1. The van der Waals surface area contributed by atoms with Gasteiger partial charge >= 0.3 is 0 Å². The lowest BCUT2D eigenvalue weighted by atomic mass is 10.1. The molecule has 1 aromatic carbocycles. The normalized spacial score (nSPS) is 15.5. The van der Waals surface area contributed by atoms with Crippen molar-refractivity contribution in [3.63, 3.8) is 0 Å². The zero-order valence-electron chi connectivity index (χ0n) is 11.0. The summed E-state index contributed by atoms with van der Waals surface area (Å²) in [4.78, 5) is 2.37. The van der Waals surface area contributed by atoms with E-state index in [0.717, 1.165) is 48.1 Å². The number of anilines is 2. The molecular weight excluding hydrogens is 246 g/mol. The van der Waals surface area contributed by atoms with E-state index < -0.39 is 0 Å². The van der Waals surface area contributed by atoms with Crippen LogP contribution in [0.25, 0.3) is 0 Å². The van der Waals surface area contributed by atoms with Crippen molar-refractivity contribution in [1.82, 2.24) is 4.90 Å². The van der Waals surface area contributed by atoms with E-state index in [1.807, 2.05) is 12.1 Å². The Balaban J connectivity index is 2.23. The largest absolute Gasteiger partial charge is 0.397 e. The minimum absolute atomic E-state index is 0.776. The van der Waals surface area contributed by atoms with Crippen LogP contribution in [0.1, 0.15) is 19.4 Å². The van der Waals surface area contributed by atoms with Gasteiger partial charge in [-0.2, -0.15) is 0 Å². The van der Waals surface area contributed by atoms with Gasteiger partial charge in [-0.1, -0.05) is 23.3 Å². The molecule has 1 aliphatic rings. The van der Waals surface area contributed by atoms with Crippen LogP contribution in [-0.2, 0) is 6.54 Å². The van der Waals surface area contributed by atoms with Crippen LogP contribution < -0.4 is 11.1 Å². The number of fused-ring (bicyclic) bond motifs is 1. The molecular formula is C14H20ClN3. The summed E-state index contributed by atoms with van der Waals surface area (Å²) < 4.78 is 0. The summed E-state index contributed by atoms with van der Waals surface area (Å²) in [6.45, 7) is 7.93. The number of nitrogen functional groups attached to an aromatic ring is 1. The highest BCUT2D eigenvalue weighted by Gasteiger charge is 2.17. The Hall–Kier alpha value is -1.19. The summed E-state index contributed by atoms with van der Waals surface area (Å²) in [6.07, 6.45) is 2.24. The van der Waals surface area contributed by atoms with E-state index in [2.05, 4.69) is 30.1 Å². The molecule has 0 radical (unpaired) electrons. The molecule has 0 unspecified atom stereocenters. The van der Waals surface area contributed by atoms with E-state index in [-0.39, 0.29) is 0 Å². The first-order valence-electron chi connectivity index (χ1n) is 6.24. The van der Waals surface area contributed by atoms with Crippen molar-refractivity contribution in [3.8, 4) is 0 Å². The van der Waals surface area contributed by atoms with E-state index in [4.69, 9.17) is 17.3 Å². The van der Waals surface area contributed by atoms with E-state index in [1.54, 1.807) is 0 Å². The Morgan fingerprint density at radius 2 is 2.28 bits per heavy atom. The SMILES string of the molecule is CC(C)=CCN1CCNc2c(N)ccc(Cl)c2C1. The maximum absolute atomic E-state index is 6.28. The highest BCUT2D eigenvalue weighted by molar-refractivity contribution is 6.32. The Morgan fingerprint density at radius 1 is 1.50 bits per heavy atom. The molecule has 0 bridgehead atoms. The molecule has 0 fully saturated rings. The zero-order chi connectivity index (χ0) is 13.1. The monoisotopic (exact) mass is 265 g/mol. The van der Waals surface area contributed by atoms with Gasteiger partial charge < -0.3 is 11.1 Å². The molecule has 0 atom stereocenters. The van der Waals surface area contributed by atoms with Gasteiger partial charge in [0.05, 0.1) is 11.4 Å². The zero-order valence-corrected chi connectivity index (χ0v) is 11.7. The number of nitrogens with one attached hydrogen (secondary N) is 1. The maximum Gasteiger partial charge on any atom is 0.0635 e. The Labute approximate surface area is 114 Å². The average Bonchev–Trinajstić information content (AvgIpc) is 2.54. The third kappa shape index (κ3) is 2.98. The molecule has 0 saturated heterocycles. The minimum atomic E-state index is 0.776.